The number of halogens is 1. The number of nitrogens with zero attached hydrogens (tertiary/aromatic N) is 2. The van der Waals surface area contributed by atoms with Gasteiger partial charge < -0.3 is 5.32 Å². The van der Waals surface area contributed by atoms with Crippen LogP contribution in [0.15, 0.2) is 21.6 Å². The van der Waals surface area contributed by atoms with Crippen LogP contribution < -0.4 is 5.32 Å². The standard InChI is InChI=1S/C10H11BrN4OS/c11-8-4-7(5-17-8)10(16)12-3-1-2-9-13-6-14-15-9/h4-6H,1-3H2,(H,12,16)(H,13,14,15). The molecule has 0 atom stereocenters. The summed E-state index contributed by atoms with van der Waals surface area (Å²) in [4.78, 5) is 15.7. The summed E-state index contributed by atoms with van der Waals surface area (Å²) in [7, 11) is 0. The lowest BCUT2D eigenvalue weighted by atomic mass is 10.3. The molecule has 1 amide bonds. The predicted octanol–water partition coefficient (Wildman–Crippen LogP) is 1.99. The van der Waals surface area contributed by atoms with Gasteiger partial charge in [0.25, 0.3) is 5.91 Å². The number of carbonyl (C=O) groups is 1. The fraction of sp³-hybridized carbons (Fsp3) is 0.300. The Morgan fingerprint density at radius 2 is 2.47 bits per heavy atom. The fourth-order valence-corrected chi connectivity index (χ4v) is 2.48. The molecule has 90 valence electrons. The quantitative estimate of drug-likeness (QED) is 0.829. The molecule has 7 heteroatoms. The molecule has 2 rings (SSSR count). The molecule has 0 spiro atoms. The summed E-state index contributed by atoms with van der Waals surface area (Å²) in [5.74, 6) is 0.807. The molecule has 2 N–H and O–H groups in total. The van der Waals surface area contributed by atoms with E-state index in [0.717, 1.165) is 22.5 Å². The Bertz CT molecular complexity index is 482. The minimum atomic E-state index is -0.0375. The first-order chi connectivity index (χ1) is 8.25. The van der Waals surface area contributed by atoms with Crippen LogP contribution in [-0.4, -0.2) is 27.6 Å². The van der Waals surface area contributed by atoms with E-state index >= 15 is 0 Å². The van der Waals surface area contributed by atoms with Crippen molar-refractivity contribution in [2.24, 2.45) is 0 Å². The van der Waals surface area contributed by atoms with Crippen molar-refractivity contribution in [1.29, 1.82) is 0 Å². The Balaban J connectivity index is 1.70. The van der Waals surface area contributed by atoms with Gasteiger partial charge in [0.1, 0.15) is 12.2 Å². The van der Waals surface area contributed by atoms with Crippen molar-refractivity contribution < 1.29 is 4.79 Å². The van der Waals surface area contributed by atoms with E-state index in [4.69, 9.17) is 0 Å². The van der Waals surface area contributed by atoms with Crippen molar-refractivity contribution in [2.75, 3.05) is 6.54 Å². The monoisotopic (exact) mass is 314 g/mol. The van der Waals surface area contributed by atoms with Gasteiger partial charge in [-0.15, -0.1) is 11.3 Å². The number of carbonyl (C=O) groups excluding carboxylic acids is 1. The predicted molar refractivity (Wildman–Crippen MR) is 69.1 cm³/mol. The molecular formula is C10H11BrN4OS. The highest BCUT2D eigenvalue weighted by Crippen LogP contribution is 2.20. The van der Waals surface area contributed by atoms with Crippen molar-refractivity contribution >= 4 is 33.2 Å². The third-order valence-electron chi connectivity index (χ3n) is 2.17. The molecule has 2 aromatic heterocycles. The van der Waals surface area contributed by atoms with Crippen LogP contribution in [0.1, 0.15) is 22.6 Å². The second-order valence-electron chi connectivity index (χ2n) is 3.43. The Labute approximate surface area is 111 Å². The molecule has 0 saturated heterocycles. The molecular weight excluding hydrogens is 304 g/mol. The van der Waals surface area contributed by atoms with Crippen molar-refractivity contribution in [3.63, 3.8) is 0 Å². The van der Waals surface area contributed by atoms with E-state index in [1.54, 1.807) is 0 Å². The average Bonchev–Trinajstić information content (AvgIpc) is 2.95. The zero-order chi connectivity index (χ0) is 12.1. The smallest absolute Gasteiger partial charge is 0.252 e. The summed E-state index contributed by atoms with van der Waals surface area (Å²) in [6.45, 7) is 0.632. The van der Waals surface area contributed by atoms with E-state index in [2.05, 4.69) is 36.4 Å². The van der Waals surface area contributed by atoms with E-state index in [1.165, 1.54) is 17.7 Å². The third-order valence-corrected chi connectivity index (χ3v) is 3.67. The summed E-state index contributed by atoms with van der Waals surface area (Å²) in [6.07, 6.45) is 3.11. The Kier molecular flexibility index (Phi) is 4.27. The maximum absolute atomic E-state index is 11.7. The van der Waals surface area contributed by atoms with Crippen LogP contribution in [0, 0.1) is 0 Å². The molecule has 0 fully saturated rings. The molecule has 17 heavy (non-hydrogen) atoms. The van der Waals surface area contributed by atoms with Crippen LogP contribution in [0.25, 0.3) is 0 Å². The highest BCUT2D eigenvalue weighted by molar-refractivity contribution is 9.11. The molecule has 0 aliphatic rings. The number of hydrogen-bond acceptors (Lipinski definition) is 4. The lowest BCUT2D eigenvalue weighted by Crippen LogP contribution is -2.24. The molecule has 5 nitrogen and oxygen atoms in total. The van der Waals surface area contributed by atoms with Crippen molar-refractivity contribution in [2.45, 2.75) is 12.8 Å². The number of aryl methyl sites for hydroxylation is 1. The number of H-pyrrole nitrogens is 1. The lowest BCUT2D eigenvalue weighted by Gasteiger charge is -2.02. The lowest BCUT2D eigenvalue weighted by molar-refractivity contribution is 0.0953. The van der Waals surface area contributed by atoms with Crippen LogP contribution >= 0.6 is 27.3 Å². The largest absolute Gasteiger partial charge is 0.352 e. The Morgan fingerprint density at radius 3 is 3.12 bits per heavy atom. The van der Waals surface area contributed by atoms with E-state index in [1.807, 2.05) is 11.4 Å². The highest BCUT2D eigenvalue weighted by atomic mass is 79.9. The molecule has 0 saturated carbocycles. The zero-order valence-electron chi connectivity index (χ0n) is 8.94. The minimum absolute atomic E-state index is 0.0375. The van der Waals surface area contributed by atoms with Crippen molar-refractivity contribution in [3.05, 3.63) is 32.9 Å². The number of amides is 1. The number of rotatable bonds is 5. The topological polar surface area (TPSA) is 70.7 Å². The first-order valence-corrected chi connectivity index (χ1v) is 6.79. The Morgan fingerprint density at radius 1 is 1.59 bits per heavy atom. The summed E-state index contributed by atoms with van der Waals surface area (Å²) in [5.41, 5.74) is 0.696. The first kappa shape index (κ1) is 12.3. The van der Waals surface area contributed by atoms with Gasteiger partial charge in [-0.2, -0.15) is 5.10 Å². The number of aromatic amines is 1. The van der Waals surface area contributed by atoms with Crippen LogP contribution in [0.4, 0.5) is 0 Å². The number of thiophene rings is 1. The van der Waals surface area contributed by atoms with Gasteiger partial charge in [-0.05, 0) is 28.4 Å². The van der Waals surface area contributed by atoms with Gasteiger partial charge in [0, 0.05) is 18.3 Å². The van der Waals surface area contributed by atoms with Gasteiger partial charge in [0.05, 0.1) is 9.35 Å². The van der Waals surface area contributed by atoms with Gasteiger partial charge in [-0.3, -0.25) is 9.89 Å². The normalized spacial score (nSPS) is 10.4. The third kappa shape index (κ3) is 3.64. The minimum Gasteiger partial charge on any atom is -0.352 e. The number of hydrogen-bond donors (Lipinski definition) is 2. The van der Waals surface area contributed by atoms with E-state index in [0.29, 0.717) is 12.1 Å². The zero-order valence-corrected chi connectivity index (χ0v) is 11.3. The maximum atomic E-state index is 11.7. The maximum Gasteiger partial charge on any atom is 0.252 e. The molecule has 0 bridgehead atoms. The fourth-order valence-electron chi connectivity index (χ4n) is 1.34. The molecule has 0 unspecified atom stereocenters. The summed E-state index contributed by atoms with van der Waals surface area (Å²) < 4.78 is 0.962. The first-order valence-electron chi connectivity index (χ1n) is 5.12. The molecule has 0 aliphatic heterocycles. The summed E-state index contributed by atoms with van der Waals surface area (Å²) in [6, 6.07) is 1.82. The van der Waals surface area contributed by atoms with Crippen LogP contribution in [0.2, 0.25) is 0 Å². The second-order valence-corrected chi connectivity index (χ2v) is 5.72. The average molecular weight is 315 g/mol. The number of nitrogens with one attached hydrogen (secondary N) is 2. The molecule has 0 radical (unpaired) electrons. The molecule has 0 aliphatic carbocycles. The van der Waals surface area contributed by atoms with Crippen LogP contribution in [0.3, 0.4) is 0 Å². The van der Waals surface area contributed by atoms with Gasteiger partial charge in [-0.1, -0.05) is 0 Å². The second kappa shape index (κ2) is 5.92. The van der Waals surface area contributed by atoms with Gasteiger partial charge in [0.15, 0.2) is 0 Å². The van der Waals surface area contributed by atoms with Gasteiger partial charge in [-0.25, -0.2) is 4.98 Å². The number of aromatic nitrogens is 3. The summed E-state index contributed by atoms with van der Waals surface area (Å²) in [5, 5.41) is 11.2. The summed E-state index contributed by atoms with van der Waals surface area (Å²) >= 11 is 4.83. The van der Waals surface area contributed by atoms with Crippen LogP contribution in [-0.2, 0) is 6.42 Å². The van der Waals surface area contributed by atoms with E-state index < -0.39 is 0 Å². The van der Waals surface area contributed by atoms with Gasteiger partial charge in [0.2, 0.25) is 0 Å². The highest BCUT2D eigenvalue weighted by Gasteiger charge is 2.06. The molecule has 2 heterocycles. The van der Waals surface area contributed by atoms with Crippen molar-refractivity contribution in [3.8, 4) is 0 Å². The molecule has 0 aromatic carbocycles. The SMILES string of the molecule is O=C(NCCCc1ncn[nH]1)c1csc(Br)c1. The van der Waals surface area contributed by atoms with Crippen LogP contribution in [0.5, 0.6) is 0 Å². The van der Waals surface area contributed by atoms with E-state index in [-0.39, 0.29) is 5.91 Å². The van der Waals surface area contributed by atoms with Gasteiger partial charge >= 0.3 is 0 Å². The Hall–Kier alpha value is -1.21. The van der Waals surface area contributed by atoms with Crippen molar-refractivity contribution in [1.82, 2.24) is 20.5 Å². The van der Waals surface area contributed by atoms with E-state index in [9.17, 15) is 4.79 Å². The molecule has 2 aromatic rings.